The van der Waals surface area contributed by atoms with Gasteiger partial charge in [-0.25, -0.2) is 4.79 Å². The molecule has 1 atom stereocenters. The van der Waals surface area contributed by atoms with Crippen LogP contribution in [0.5, 0.6) is 5.75 Å². The molecule has 0 radical (unpaired) electrons. The lowest BCUT2D eigenvalue weighted by atomic mass is 10.1. The summed E-state index contributed by atoms with van der Waals surface area (Å²) >= 11 is 0. The third-order valence-electron chi connectivity index (χ3n) is 4.32. The lowest BCUT2D eigenvalue weighted by Gasteiger charge is -2.14. The van der Waals surface area contributed by atoms with Gasteiger partial charge in [-0.05, 0) is 55.5 Å². The van der Waals surface area contributed by atoms with Gasteiger partial charge in [-0.3, -0.25) is 9.59 Å². The van der Waals surface area contributed by atoms with Gasteiger partial charge in [0.05, 0.1) is 6.61 Å². The van der Waals surface area contributed by atoms with Crippen molar-refractivity contribution in [3.05, 3.63) is 55.1 Å². The summed E-state index contributed by atoms with van der Waals surface area (Å²) in [5.74, 6) is -0.719. The summed E-state index contributed by atoms with van der Waals surface area (Å²) in [6, 6.07) is 7.25. The summed E-state index contributed by atoms with van der Waals surface area (Å²) in [5.41, 5.74) is 0.838. The summed E-state index contributed by atoms with van der Waals surface area (Å²) in [7, 11) is 0. The molecule has 8 heteroatoms. The van der Waals surface area contributed by atoms with E-state index in [2.05, 4.69) is 23.8 Å². The molecule has 8 nitrogen and oxygen atoms in total. The van der Waals surface area contributed by atoms with E-state index in [0.29, 0.717) is 44.9 Å². The Balaban J connectivity index is 2.28. The molecular formula is C23H32N2O6. The highest BCUT2D eigenvalue weighted by atomic mass is 16.5. The number of hydrogen-bond donors (Lipinski definition) is 3. The molecule has 0 saturated heterocycles. The van der Waals surface area contributed by atoms with Crippen molar-refractivity contribution in [2.45, 2.75) is 38.2 Å². The van der Waals surface area contributed by atoms with E-state index in [9.17, 15) is 19.5 Å². The number of nitrogens with one attached hydrogen (secondary N) is 2. The van der Waals surface area contributed by atoms with Crippen molar-refractivity contribution in [3.63, 3.8) is 0 Å². The maximum absolute atomic E-state index is 11.5. The second kappa shape index (κ2) is 15.7. The molecule has 0 saturated carbocycles. The van der Waals surface area contributed by atoms with E-state index >= 15 is 0 Å². The average molecular weight is 433 g/mol. The van der Waals surface area contributed by atoms with Crippen LogP contribution in [-0.2, 0) is 25.5 Å². The van der Waals surface area contributed by atoms with Gasteiger partial charge in [0.15, 0.2) is 6.10 Å². The summed E-state index contributed by atoms with van der Waals surface area (Å²) in [5, 5.41) is 14.7. The third kappa shape index (κ3) is 12.2. The number of rotatable bonds is 17. The number of carbonyl (C=O) groups is 3. The predicted octanol–water partition coefficient (Wildman–Crippen LogP) is 2.24. The molecule has 2 amide bonds. The number of unbranched alkanes of at least 4 members (excludes halogenated alkanes) is 2. The van der Waals surface area contributed by atoms with Crippen LogP contribution in [0.1, 0.15) is 31.2 Å². The van der Waals surface area contributed by atoms with Crippen molar-refractivity contribution in [2.24, 2.45) is 0 Å². The van der Waals surface area contributed by atoms with Crippen molar-refractivity contribution in [1.82, 2.24) is 10.6 Å². The van der Waals surface area contributed by atoms with E-state index in [-0.39, 0.29) is 18.2 Å². The Morgan fingerprint density at radius 3 is 1.97 bits per heavy atom. The molecule has 0 aliphatic heterocycles. The highest BCUT2D eigenvalue weighted by Gasteiger charge is 2.18. The normalized spacial score (nSPS) is 11.2. The van der Waals surface area contributed by atoms with Gasteiger partial charge in [0.1, 0.15) is 5.75 Å². The molecule has 3 N–H and O–H groups in total. The maximum atomic E-state index is 11.5. The van der Waals surface area contributed by atoms with E-state index in [0.717, 1.165) is 18.4 Å². The van der Waals surface area contributed by atoms with E-state index in [1.807, 2.05) is 12.1 Å². The van der Waals surface area contributed by atoms with Crippen LogP contribution in [-0.4, -0.2) is 55.3 Å². The number of benzene rings is 1. The summed E-state index contributed by atoms with van der Waals surface area (Å²) < 4.78 is 11.2. The van der Waals surface area contributed by atoms with Crippen LogP contribution >= 0.6 is 0 Å². The molecule has 0 heterocycles. The van der Waals surface area contributed by atoms with Gasteiger partial charge in [-0.2, -0.15) is 0 Å². The first-order chi connectivity index (χ1) is 15.0. The quantitative estimate of drug-likeness (QED) is 0.257. The van der Waals surface area contributed by atoms with Gasteiger partial charge in [-0.15, -0.1) is 0 Å². The Bertz CT molecular complexity index is 717. The monoisotopic (exact) mass is 432 g/mol. The Kier molecular flexibility index (Phi) is 13.1. The number of carbonyl (C=O) groups excluding carboxylic acids is 2. The van der Waals surface area contributed by atoms with Gasteiger partial charge < -0.3 is 25.2 Å². The molecule has 1 rings (SSSR count). The van der Waals surface area contributed by atoms with Crippen LogP contribution in [0.4, 0.5) is 0 Å². The summed E-state index contributed by atoms with van der Waals surface area (Å²) in [6.07, 6.45) is 4.71. The Morgan fingerprint density at radius 2 is 1.45 bits per heavy atom. The molecule has 0 fully saturated rings. The van der Waals surface area contributed by atoms with Crippen LogP contribution in [0.25, 0.3) is 0 Å². The first-order valence-corrected chi connectivity index (χ1v) is 10.3. The Morgan fingerprint density at radius 1 is 0.903 bits per heavy atom. The van der Waals surface area contributed by atoms with Gasteiger partial charge in [0, 0.05) is 26.1 Å². The highest BCUT2D eigenvalue weighted by molar-refractivity contribution is 5.87. The fourth-order valence-electron chi connectivity index (χ4n) is 2.59. The van der Waals surface area contributed by atoms with Crippen LogP contribution < -0.4 is 15.4 Å². The molecule has 170 valence electrons. The minimum absolute atomic E-state index is 0.183. The average Bonchev–Trinajstić information content (AvgIpc) is 2.77. The van der Waals surface area contributed by atoms with Gasteiger partial charge in [0.2, 0.25) is 11.8 Å². The fourth-order valence-corrected chi connectivity index (χ4v) is 2.59. The van der Waals surface area contributed by atoms with Crippen LogP contribution in [0, 0.1) is 0 Å². The standard InChI is InChI=1S/C23H32N2O6/c1-3-21(26)24-13-5-7-15-30-19-11-9-18(10-12-19)17-20(23(28)29)31-16-8-6-14-25-22(27)4-2/h3-4,9-12,20H,1-2,5-8,13-17H2,(H,24,26)(H,25,27)(H,28,29). The number of carboxylic acid groups (broad SMARTS) is 1. The molecule has 0 aliphatic rings. The number of hydrogen-bond acceptors (Lipinski definition) is 5. The highest BCUT2D eigenvalue weighted by Crippen LogP contribution is 2.15. The topological polar surface area (TPSA) is 114 Å². The van der Waals surface area contributed by atoms with Crippen molar-refractivity contribution in [3.8, 4) is 5.75 Å². The van der Waals surface area contributed by atoms with Crippen LogP contribution in [0.2, 0.25) is 0 Å². The van der Waals surface area contributed by atoms with Crippen molar-refractivity contribution >= 4 is 17.8 Å². The zero-order chi connectivity index (χ0) is 22.9. The van der Waals surface area contributed by atoms with Gasteiger partial charge in [-0.1, -0.05) is 25.3 Å². The molecule has 31 heavy (non-hydrogen) atoms. The first-order valence-electron chi connectivity index (χ1n) is 10.3. The van der Waals surface area contributed by atoms with E-state index in [4.69, 9.17) is 9.47 Å². The first kappa shape index (κ1) is 25.9. The van der Waals surface area contributed by atoms with E-state index < -0.39 is 12.1 Å². The van der Waals surface area contributed by atoms with Crippen LogP contribution in [0.3, 0.4) is 0 Å². The molecule has 0 aromatic heterocycles. The molecule has 0 bridgehead atoms. The van der Waals surface area contributed by atoms with Crippen molar-refractivity contribution < 1.29 is 29.0 Å². The largest absolute Gasteiger partial charge is 0.494 e. The zero-order valence-corrected chi connectivity index (χ0v) is 17.8. The SMILES string of the molecule is C=CC(=O)NCCCCOc1ccc(CC(OCCCCNC(=O)C=C)C(=O)O)cc1. The molecule has 1 aromatic carbocycles. The summed E-state index contributed by atoms with van der Waals surface area (Å²) in [6.45, 7) is 8.66. The third-order valence-corrected chi connectivity index (χ3v) is 4.32. The smallest absolute Gasteiger partial charge is 0.333 e. The molecule has 0 spiro atoms. The second-order valence-electron chi connectivity index (χ2n) is 6.80. The van der Waals surface area contributed by atoms with E-state index in [1.54, 1.807) is 12.1 Å². The van der Waals surface area contributed by atoms with Gasteiger partial charge in [0.25, 0.3) is 0 Å². The second-order valence-corrected chi connectivity index (χ2v) is 6.80. The number of amides is 2. The Hall–Kier alpha value is -3.13. The fraction of sp³-hybridized carbons (Fsp3) is 0.435. The molecular weight excluding hydrogens is 400 g/mol. The number of carboxylic acids is 1. The molecule has 1 aromatic rings. The maximum Gasteiger partial charge on any atom is 0.333 e. The predicted molar refractivity (Wildman–Crippen MR) is 118 cm³/mol. The molecule has 0 aliphatic carbocycles. The molecule has 1 unspecified atom stereocenters. The van der Waals surface area contributed by atoms with Crippen molar-refractivity contribution in [1.29, 1.82) is 0 Å². The minimum Gasteiger partial charge on any atom is -0.494 e. The van der Waals surface area contributed by atoms with Crippen LogP contribution in [0.15, 0.2) is 49.6 Å². The van der Waals surface area contributed by atoms with E-state index in [1.165, 1.54) is 12.2 Å². The lowest BCUT2D eigenvalue weighted by molar-refractivity contribution is -0.150. The number of ether oxygens (including phenoxy) is 2. The van der Waals surface area contributed by atoms with Crippen molar-refractivity contribution in [2.75, 3.05) is 26.3 Å². The summed E-state index contributed by atoms with van der Waals surface area (Å²) in [4.78, 5) is 33.5. The lowest BCUT2D eigenvalue weighted by Crippen LogP contribution is -2.27. The minimum atomic E-state index is -1.01. The Labute approximate surface area is 183 Å². The van der Waals surface area contributed by atoms with Gasteiger partial charge >= 0.3 is 5.97 Å². The zero-order valence-electron chi connectivity index (χ0n) is 17.8. The number of aliphatic carboxylic acids is 1.